The van der Waals surface area contributed by atoms with Gasteiger partial charge in [0.1, 0.15) is 0 Å². The summed E-state index contributed by atoms with van der Waals surface area (Å²) in [6.45, 7) is 3.04. The lowest BCUT2D eigenvalue weighted by Crippen LogP contribution is -2.29. The highest BCUT2D eigenvalue weighted by Crippen LogP contribution is 2.25. The van der Waals surface area contributed by atoms with Gasteiger partial charge in [0.15, 0.2) is 0 Å². The van der Waals surface area contributed by atoms with Crippen molar-refractivity contribution in [3.8, 4) is 0 Å². The Kier molecular flexibility index (Phi) is 4.74. The van der Waals surface area contributed by atoms with Crippen LogP contribution in [0.25, 0.3) is 0 Å². The molecule has 2 heterocycles. The summed E-state index contributed by atoms with van der Waals surface area (Å²) in [5, 5.41) is 4.47. The Bertz CT molecular complexity index is 371. The summed E-state index contributed by atoms with van der Waals surface area (Å²) in [4.78, 5) is 0. The Labute approximate surface area is 109 Å². The topological polar surface area (TPSA) is 65.1 Å². The lowest BCUT2D eigenvalue weighted by Gasteiger charge is -2.17. The van der Waals surface area contributed by atoms with Gasteiger partial charge in [-0.05, 0) is 32.1 Å². The molecule has 2 atom stereocenters. The number of nitrogens with two attached hydrogens (primary N) is 1. The van der Waals surface area contributed by atoms with E-state index in [9.17, 15) is 0 Å². The second-order valence-electron chi connectivity index (χ2n) is 4.99. The molecule has 1 aliphatic heterocycles. The Morgan fingerprint density at radius 3 is 3.11 bits per heavy atom. The van der Waals surface area contributed by atoms with Crippen LogP contribution in [0.4, 0.5) is 0 Å². The first kappa shape index (κ1) is 13.5. The summed E-state index contributed by atoms with van der Waals surface area (Å²) in [6.07, 6.45) is 7.87. The fraction of sp³-hybridized carbons (Fsp3) is 0.769. The minimum absolute atomic E-state index is 0.179. The van der Waals surface area contributed by atoms with E-state index in [1.165, 1.54) is 18.4 Å². The summed E-state index contributed by atoms with van der Waals surface area (Å²) in [7, 11) is 1.95. The highest BCUT2D eigenvalue weighted by Gasteiger charge is 2.21. The number of hydrazine groups is 1. The van der Waals surface area contributed by atoms with Crippen LogP contribution in [0.5, 0.6) is 0 Å². The van der Waals surface area contributed by atoms with Gasteiger partial charge < -0.3 is 4.74 Å². The highest BCUT2D eigenvalue weighted by molar-refractivity contribution is 5.21. The van der Waals surface area contributed by atoms with Crippen LogP contribution in [0.15, 0.2) is 6.20 Å². The van der Waals surface area contributed by atoms with Crippen molar-refractivity contribution in [2.24, 2.45) is 12.9 Å². The zero-order chi connectivity index (χ0) is 13.0. The van der Waals surface area contributed by atoms with Gasteiger partial charge in [0.25, 0.3) is 0 Å². The first-order valence-corrected chi connectivity index (χ1v) is 6.84. The van der Waals surface area contributed by atoms with E-state index in [0.29, 0.717) is 6.10 Å². The molecule has 102 valence electrons. The SMILES string of the molecule is CCc1nn(C)cc1C(CCC1CCCO1)NN. The largest absolute Gasteiger partial charge is 0.378 e. The first-order chi connectivity index (χ1) is 8.74. The summed E-state index contributed by atoms with van der Waals surface area (Å²) < 4.78 is 7.52. The monoisotopic (exact) mass is 252 g/mol. The molecular formula is C13H24N4O. The lowest BCUT2D eigenvalue weighted by molar-refractivity contribution is 0.0996. The van der Waals surface area contributed by atoms with Crippen molar-refractivity contribution in [1.29, 1.82) is 0 Å². The zero-order valence-corrected chi connectivity index (χ0v) is 11.4. The van der Waals surface area contributed by atoms with Crippen LogP contribution in [-0.2, 0) is 18.2 Å². The average Bonchev–Trinajstić information content (AvgIpc) is 2.99. The number of aromatic nitrogens is 2. The first-order valence-electron chi connectivity index (χ1n) is 6.84. The van der Waals surface area contributed by atoms with Crippen LogP contribution in [0, 0.1) is 0 Å². The molecule has 1 aliphatic rings. The van der Waals surface area contributed by atoms with Gasteiger partial charge in [-0.3, -0.25) is 16.0 Å². The van der Waals surface area contributed by atoms with E-state index < -0.39 is 0 Å². The number of nitrogens with zero attached hydrogens (tertiary/aromatic N) is 2. The molecule has 2 rings (SSSR count). The van der Waals surface area contributed by atoms with E-state index in [2.05, 4.69) is 23.6 Å². The quantitative estimate of drug-likeness (QED) is 0.594. The Morgan fingerprint density at radius 1 is 1.67 bits per heavy atom. The summed E-state index contributed by atoms with van der Waals surface area (Å²) in [5.74, 6) is 5.69. The maximum atomic E-state index is 5.69. The fourth-order valence-electron chi connectivity index (χ4n) is 2.67. The van der Waals surface area contributed by atoms with Crippen LogP contribution in [0.1, 0.15) is 49.9 Å². The third-order valence-corrected chi connectivity index (χ3v) is 3.65. The van der Waals surface area contributed by atoms with Crippen LogP contribution in [0.3, 0.4) is 0 Å². The lowest BCUT2D eigenvalue weighted by atomic mass is 9.99. The molecule has 5 nitrogen and oxygen atoms in total. The maximum absolute atomic E-state index is 5.69. The number of ether oxygens (including phenoxy) is 1. The van der Waals surface area contributed by atoms with Crippen molar-refractivity contribution >= 4 is 0 Å². The maximum Gasteiger partial charge on any atom is 0.0670 e. The average molecular weight is 252 g/mol. The molecule has 0 saturated carbocycles. The van der Waals surface area contributed by atoms with Crippen LogP contribution < -0.4 is 11.3 Å². The van der Waals surface area contributed by atoms with Crippen molar-refractivity contribution in [3.05, 3.63) is 17.5 Å². The molecule has 0 amide bonds. The van der Waals surface area contributed by atoms with E-state index in [1.807, 2.05) is 11.7 Å². The molecule has 1 fully saturated rings. The van der Waals surface area contributed by atoms with Gasteiger partial charge in [-0.2, -0.15) is 5.10 Å². The van der Waals surface area contributed by atoms with Crippen molar-refractivity contribution in [1.82, 2.24) is 15.2 Å². The Hall–Kier alpha value is -0.910. The Balaban J connectivity index is 1.97. The molecule has 0 aromatic carbocycles. The van der Waals surface area contributed by atoms with Crippen LogP contribution >= 0.6 is 0 Å². The molecule has 0 bridgehead atoms. The molecular weight excluding hydrogens is 228 g/mol. The predicted octanol–water partition coefficient (Wildman–Crippen LogP) is 1.45. The molecule has 1 aromatic rings. The Morgan fingerprint density at radius 2 is 2.50 bits per heavy atom. The number of rotatable bonds is 6. The molecule has 0 aliphatic carbocycles. The number of hydrogen-bond acceptors (Lipinski definition) is 4. The van der Waals surface area contributed by atoms with Gasteiger partial charge in [0.05, 0.1) is 11.8 Å². The van der Waals surface area contributed by atoms with E-state index in [4.69, 9.17) is 10.6 Å². The van der Waals surface area contributed by atoms with Crippen LogP contribution in [0.2, 0.25) is 0 Å². The van der Waals surface area contributed by atoms with Gasteiger partial charge in [-0.15, -0.1) is 0 Å². The smallest absolute Gasteiger partial charge is 0.0670 e. The number of aryl methyl sites for hydroxylation is 2. The van der Waals surface area contributed by atoms with Crippen molar-refractivity contribution in [2.75, 3.05) is 6.61 Å². The van der Waals surface area contributed by atoms with Crippen molar-refractivity contribution < 1.29 is 4.74 Å². The summed E-state index contributed by atoms with van der Waals surface area (Å²) in [5.41, 5.74) is 5.28. The molecule has 0 radical (unpaired) electrons. The zero-order valence-electron chi connectivity index (χ0n) is 11.4. The van der Waals surface area contributed by atoms with E-state index in [1.54, 1.807) is 0 Å². The second-order valence-corrected chi connectivity index (χ2v) is 4.99. The molecule has 3 N–H and O–H groups in total. The van der Waals surface area contributed by atoms with Gasteiger partial charge >= 0.3 is 0 Å². The van der Waals surface area contributed by atoms with Gasteiger partial charge in [0, 0.05) is 31.5 Å². The minimum Gasteiger partial charge on any atom is -0.378 e. The molecule has 1 saturated heterocycles. The predicted molar refractivity (Wildman–Crippen MR) is 70.9 cm³/mol. The van der Waals surface area contributed by atoms with E-state index in [0.717, 1.165) is 31.6 Å². The van der Waals surface area contributed by atoms with Gasteiger partial charge in [-0.25, -0.2) is 0 Å². The second kappa shape index (κ2) is 6.31. The summed E-state index contributed by atoms with van der Waals surface area (Å²) >= 11 is 0. The molecule has 5 heteroatoms. The summed E-state index contributed by atoms with van der Waals surface area (Å²) in [6, 6.07) is 0.179. The fourth-order valence-corrected chi connectivity index (χ4v) is 2.67. The van der Waals surface area contributed by atoms with Crippen LogP contribution in [-0.4, -0.2) is 22.5 Å². The third kappa shape index (κ3) is 3.10. The minimum atomic E-state index is 0.179. The number of nitrogens with one attached hydrogen (secondary N) is 1. The highest BCUT2D eigenvalue weighted by atomic mass is 16.5. The molecule has 0 spiro atoms. The van der Waals surface area contributed by atoms with Gasteiger partial charge in [-0.1, -0.05) is 6.92 Å². The standard InChI is InChI=1S/C13H24N4O/c1-3-12-11(9-17(2)16-12)13(15-14)7-6-10-5-4-8-18-10/h9-10,13,15H,3-8,14H2,1-2H3. The van der Waals surface area contributed by atoms with Crippen molar-refractivity contribution in [3.63, 3.8) is 0 Å². The number of hydrogen-bond donors (Lipinski definition) is 2. The van der Waals surface area contributed by atoms with Crippen molar-refractivity contribution in [2.45, 2.75) is 51.2 Å². The molecule has 1 aromatic heterocycles. The van der Waals surface area contributed by atoms with E-state index >= 15 is 0 Å². The van der Waals surface area contributed by atoms with Gasteiger partial charge in [0.2, 0.25) is 0 Å². The van der Waals surface area contributed by atoms with E-state index in [-0.39, 0.29) is 6.04 Å². The molecule has 2 unspecified atom stereocenters. The third-order valence-electron chi connectivity index (χ3n) is 3.65. The molecule has 18 heavy (non-hydrogen) atoms. The normalized spacial score (nSPS) is 21.4.